The first kappa shape index (κ1) is 21.5. The highest BCUT2D eigenvalue weighted by atomic mass is 16.5. The fourth-order valence-electron chi connectivity index (χ4n) is 4.16. The van der Waals surface area contributed by atoms with Gasteiger partial charge in [0.15, 0.2) is 5.96 Å². The fourth-order valence-corrected chi connectivity index (χ4v) is 4.16. The van der Waals surface area contributed by atoms with Crippen LogP contribution in [0.25, 0.3) is 0 Å². The Morgan fingerprint density at radius 2 is 1.97 bits per heavy atom. The lowest BCUT2D eigenvalue weighted by Gasteiger charge is -2.26. The lowest BCUT2D eigenvalue weighted by atomic mass is 9.88. The van der Waals surface area contributed by atoms with E-state index in [4.69, 9.17) is 4.74 Å². The summed E-state index contributed by atoms with van der Waals surface area (Å²) in [5, 5.41) is 6.84. The summed E-state index contributed by atoms with van der Waals surface area (Å²) in [4.78, 5) is 19.5. The normalized spacial score (nSPS) is 20.5. The highest BCUT2D eigenvalue weighted by molar-refractivity contribution is 5.81. The lowest BCUT2D eigenvalue weighted by molar-refractivity contribution is -0.135. The maximum atomic E-state index is 12.8. The molecule has 2 fully saturated rings. The van der Waals surface area contributed by atoms with Crippen molar-refractivity contribution in [3.8, 4) is 5.75 Å². The molecule has 0 radical (unpaired) electrons. The van der Waals surface area contributed by atoms with Crippen LogP contribution in [-0.4, -0.2) is 55.6 Å². The van der Waals surface area contributed by atoms with Crippen molar-refractivity contribution < 1.29 is 9.53 Å². The van der Waals surface area contributed by atoms with E-state index in [1.807, 2.05) is 30.3 Å². The molecular formula is C23H36N4O2. The highest BCUT2D eigenvalue weighted by Crippen LogP contribution is 2.26. The Balaban J connectivity index is 1.40. The van der Waals surface area contributed by atoms with Gasteiger partial charge < -0.3 is 20.3 Å². The maximum absolute atomic E-state index is 12.8. The van der Waals surface area contributed by atoms with Crippen LogP contribution in [0.5, 0.6) is 5.75 Å². The van der Waals surface area contributed by atoms with Crippen LogP contribution in [0.3, 0.4) is 0 Å². The van der Waals surface area contributed by atoms with Gasteiger partial charge >= 0.3 is 0 Å². The minimum atomic E-state index is 0.258. The molecule has 160 valence electrons. The molecule has 6 nitrogen and oxygen atoms in total. The van der Waals surface area contributed by atoms with Crippen molar-refractivity contribution in [2.45, 2.75) is 57.9 Å². The third-order valence-corrected chi connectivity index (χ3v) is 5.72. The summed E-state index contributed by atoms with van der Waals surface area (Å²) < 4.78 is 5.72. The van der Waals surface area contributed by atoms with Gasteiger partial charge in [-0.25, -0.2) is 0 Å². The summed E-state index contributed by atoms with van der Waals surface area (Å²) in [6.45, 7) is 5.90. The number of carbonyl (C=O) groups is 1. The summed E-state index contributed by atoms with van der Waals surface area (Å²) in [7, 11) is 0. The van der Waals surface area contributed by atoms with Crippen molar-refractivity contribution in [3.63, 3.8) is 0 Å². The summed E-state index contributed by atoms with van der Waals surface area (Å²) in [5.41, 5.74) is 0. The number of nitrogens with one attached hydrogen (secondary N) is 2. The maximum Gasteiger partial charge on any atom is 0.225 e. The van der Waals surface area contributed by atoms with Crippen molar-refractivity contribution in [1.29, 1.82) is 0 Å². The Morgan fingerprint density at radius 3 is 2.72 bits per heavy atom. The number of carbonyl (C=O) groups excluding carboxylic acids is 1. The number of guanidine groups is 1. The molecule has 1 saturated carbocycles. The van der Waals surface area contributed by atoms with Gasteiger partial charge in [0.2, 0.25) is 5.91 Å². The number of hydrogen-bond acceptors (Lipinski definition) is 3. The topological polar surface area (TPSA) is 66.0 Å². The van der Waals surface area contributed by atoms with Crippen LogP contribution >= 0.6 is 0 Å². The number of likely N-dealkylation sites (tertiary alicyclic amines) is 1. The third-order valence-electron chi connectivity index (χ3n) is 5.72. The van der Waals surface area contributed by atoms with Gasteiger partial charge in [0, 0.05) is 44.6 Å². The Kier molecular flexibility index (Phi) is 8.65. The SMILES string of the molecule is CCNC(=NCCCOc1ccccc1)NC1CCN(C(=O)C2CCCCC2)C1. The molecule has 0 aromatic heterocycles. The van der Waals surface area contributed by atoms with Crippen LogP contribution in [-0.2, 0) is 4.79 Å². The number of ether oxygens (including phenoxy) is 1. The Hall–Kier alpha value is -2.24. The number of para-hydroxylation sites is 1. The van der Waals surface area contributed by atoms with Gasteiger partial charge in [0.05, 0.1) is 6.61 Å². The van der Waals surface area contributed by atoms with E-state index in [1.165, 1.54) is 19.3 Å². The van der Waals surface area contributed by atoms with Gasteiger partial charge in [0.1, 0.15) is 5.75 Å². The van der Waals surface area contributed by atoms with Gasteiger partial charge in [0.25, 0.3) is 0 Å². The fraction of sp³-hybridized carbons (Fsp3) is 0.652. The first-order valence-corrected chi connectivity index (χ1v) is 11.3. The molecular weight excluding hydrogens is 364 g/mol. The van der Waals surface area contributed by atoms with E-state index in [0.717, 1.165) is 57.0 Å². The van der Waals surface area contributed by atoms with Crippen LogP contribution in [0.2, 0.25) is 0 Å². The second-order valence-electron chi connectivity index (χ2n) is 8.02. The molecule has 29 heavy (non-hydrogen) atoms. The van der Waals surface area contributed by atoms with E-state index in [9.17, 15) is 4.79 Å². The summed E-state index contributed by atoms with van der Waals surface area (Å²) in [6.07, 6.45) is 7.69. The first-order chi connectivity index (χ1) is 14.3. The van der Waals surface area contributed by atoms with E-state index in [2.05, 4.69) is 27.4 Å². The van der Waals surface area contributed by atoms with Gasteiger partial charge in [-0.05, 0) is 38.3 Å². The van der Waals surface area contributed by atoms with Gasteiger partial charge in [-0.2, -0.15) is 0 Å². The van der Waals surface area contributed by atoms with E-state index in [1.54, 1.807) is 0 Å². The van der Waals surface area contributed by atoms with Crippen molar-refractivity contribution in [3.05, 3.63) is 30.3 Å². The standard InChI is InChI=1S/C23H36N4O2/c1-2-24-23(25-15-9-17-29-21-12-7-4-8-13-21)26-20-14-16-27(18-20)22(28)19-10-5-3-6-11-19/h4,7-8,12-13,19-20H,2-3,5-6,9-11,14-18H2,1H3,(H2,24,25,26). The van der Waals surface area contributed by atoms with Gasteiger partial charge in [-0.15, -0.1) is 0 Å². The first-order valence-electron chi connectivity index (χ1n) is 11.3. The summed E-state index contributed by atoms with van der Waals surface area (Å²) in [5.74, 6) is 2.36. The number of amides is 1. The molecule has 1 amide bonds. The molecule has 1 heterocycles. The second kappa shape index (κ2) is 11.7. The van der Waals surface area contributed by atoms with Gasteiger partial charge in [-0.3, -0.25) is 9.79 Å². The van der Waals surface area contributed by atoms with Crippen molar-refractivity contribution in [2.24, 2.45) is 10.9 Å². The molecule has 1 aliphatic carbocycles. The van der Waals surface area contributed by atoms with Crippen molar-refractivity contribution in [2.75, 3.05) is 32.8 Å². The molecule has 1 aromatic rings. The molecule has 1 aromatic carbocycles. The number of benzene rings is 1. The third kappa shape index (κ3) is 6.94. The number of rotatable bonds is 8. The number of aliphatic imine (C=N–C) groups is 1. The van der Waals surface area contributed by atoms with Crippen molar-refractivity contribution >= 4 is 11.9 Å². The quantitative estimate of drug-likeness (QED) is 0.400. The monoisotopic (exact) mass is 400 g/mol. The Labute approximate surface area is 175 Å². The molecule has 1 unspecified atom stereocenters. The molecule has 6 heteroatoms. The molecule has 1 aliphatic heterocycles. The zero-order valence-electron chi connectivity index (χ0n) is 17.7. The molecule has 2 aliphatic rings. The number of nitrogens with zero attached hydrogens (tertiary/aromatic N) is 2. The predicted molar refractivity (Wildman–Crippen MR) is 117 cm³/mol. The van der Waals surface area contributed by atoms with E-state index in [-0.39, 0.29) is 12.0 Å². The van der Waals surface area contributed by atoms with Gasteiger partial charge in [-0.1, -0.05) is 37.5 Å². The number of hydrogen-bond donors (Lipinski definition) is 2. The molecule has 0 bridgehead atoms. The molecule has 0 spiro atoms. The Bertz CT molecular complexity index is 644. The zero-order chi connectivity index (χ0) is 20.3. The van der Waals surface area contributed by atoms with Crippen LogP contribution in [0.1, 0.15) is 51.9 Å². The molecule has 1 atom stereocenters. The minimum absolute atomic E-state index is 0.258. The van der Waals surface area contributed by atoms with E-state index < -0.39 is 0 Å². The van der Waals surface area contributed by atoms with E-state index >= 15 is 0 Å². The zero-order valence-corrected chi connectivity index (χ0v) is 17.7. The molecule has 3 rings (SSSR count). The van der Waals surface area contributed by atoms with Crippen LogP contribution in [0.4, 0.5) is 0 Å². The van der Waals surface area contributed by atoms with Crippen LogP contribution in [0.15, 0.2) is 35.3 Å². The largest absolute Gasteiger partial charge is 0.494 e. The summed E-state index contributed by atoms with van der Waals surface area (Å²) >= 11 is 0. The van der Waals surface area contributed by atoms with E-state index in [0.29, 0.717) is 19.1 Å². The average Bonchev–Trinajstić information content (AvgIpc) is 3.23. The Morgan fingerprint density at radius 1 is 1.17 bits per heavy atom. The smallest absolute Gasteiger partial charge is 0.225 e. The predicted octanol–water partition coefficient (Wildman–Crippen LogP) is 3.19. The second-order valence-corrected chi connectivity index (χ2v) is 8.02. The molecule has 2 N–H and O–H groups in total. The van der Waals surface area contributed by atoms with Crippen LogP contribution in [0, 0.1) is 5.92 Å². The average molecular weight is 401 g/mol. The highest BCUT2D eigenvalue weighted by Gasteiger charge is 2.31. The minimum Gasteiger partial charge on any atom is -0.494 e. The van der Waals surface area contributed by atoms with Crippen LogP contribution < -0.4 is 15.4 Å². The van der Waals surface area contributed by atoms with Crippen molar-refractivity contribution in [1.82, 2.24) is 15.5 Å². The summed E-state index contributed by atoms with van der Waals surface area (Å²) in [6, 6.07) is 10.2. The molecule has 1 saturated heterocycles. The lowest BCUT2D eigenvalue weighted by Crippen LogP contribution is -2.45.